The first-order chi connectivity index (χ1) is 8.51. The summed E-state index contributed by atoms with van der Waals surface area (Å²) in [5.41, 5.74) is -0.539. The third kappa shape index (κ3) is 1.92. The molecule has 0 bridgehead atoms. The Hall–Kier alpha value is -2.04. The minimum Gasteiger partial charge on any atom is -0.497 e. The number of amides is 1. The van der Waals surface area contributed by atoms with Crippen molar-refractivity contribution in [2.24, 2.45) is 5.41 Å². The first-order valence-electron chi connectivity index (χ1n) is 5.67. The molecule has 0 aromatic heterocycles. The Balaban J connectivity index is 2.18. The first kappa shape index (κ1) is 12.4. The van der Waals surface area contributed by atoms with Crippen LogP contribution >= 0.6 is 0 Å². The molecule has 1 aromatic rings. The van der Waals surface area contributed by atoms with Crippen LogP contribution in [0.2, 0.25) is 0 Å². The number of carbonyl (C=O) groups excluding carboxylic acids is 1. The molecule has 0 aliphatic heterocycles. The minimum absolute atomic E-state index is 0.361. The normalized spacial score (nSPS) is 15.9. The summed E-state index contributed by atoms with van der Waals surface area (Å²) in [7, 11) is 3.15. The van der Waals surface area contributed by atoms with Crippen molar-refractivity contribution in [1.82, 2.24) is 0 Å². The number of rotatable bonds is 4. The van der Waals surface area contributed by atoms with E-state index in [0.29, 0.717) is 24.3 Å². The molecule has 0 atom stereocenters. The summed E-state index contributed by atoms with van der Waals surface area (Å²) in [6, 6.07) is 6.93. The van der Waals surface area contributed by atoms with E-state index in [0.717, 1.165) is 0 Å². The van der Waals surface area contributed by atoms with Gasteiger partial charge in [-0.05, 0) is 37.1 Å². The molecule has 1 aromatic carbocycles. The van der Waals surface area contributed by atoms with Gasteiger partial charge in [-0.2, -0.15) is 0 Å². The summed E-state index contributed by atoms with van der Waals surface area (Å²) >= 11 is 0. The number of anilines is 1. The second kappa shape index (κ2) is 4.33. The van der Waals surface area contributed by atoms with Crippen molar-refractivity contribution >= 4 is 17.6 Å². The molecule has 0 radical (unpaired) electrons. The molecule has 96 valence electrons. The number of ether oxygens (including phenoxy) is 1. The molecule has 5 heteroatoms. The van der Waals surface area contributed by atoms with Crippen molar-refractivity contribution in [2.45, 2.75) is 12.8 Å². The van der Waals surface area contributed by atoms with E-state index in [1.807, 2.05) is 0 Å². The van der Waals surface area contributed by atoms with Gasteiger partial charge in [-0.25, -0.2) is 0 Å². The van der Waals surface area contributed by atoms with Crippen LogP contribution in [-0.2, 0) is 9.59 Å². The summed E-state index contributed by atoms with van der Waals surface area (Å²) in [4.78, 5) is 24.6. The second-order valence-corrected chi connectivity index (χ2v) is 4.45. The van der Waals surface area contributed by atoms with Crippen molar-refractivity contribution in [3.63, 3.8) is 0 Å². The van der Waals surface area contributed by atoms with Crippen LogP contribution in [0.25, 0.3) is 0 Å². The lowest BCUT2D eigenvalue weighted by molar-refractivity contribution is -0.148. The number of hydrogen-bond acceptors (Lipinski definition) is 3. The van der Waals surface area contributed by atoms with E-state index in [1.165, 1.54) is 4.90 Å². The number of hydrogen-bond donors (Lipinski definition) is 1. The number of aliphatic carboxylic acids is 1. The molecule has 0 heterocycles. The van der Waals surface area contributed by atoms with Gasteiger partial charge < -0.3 is 14.7 Å². The van der Waals surface area contributed by atoms with Gasteiger partial charge >= 0.3 is 5.97 Å². The van der Waals surface area contributed by atoms with Crippen molar-refractivity contribution in [3.8, 4) is 5.75 Å². The summed E-state index contributed by atoms with van der Waals surface area (Å²) in [5, 5.41) is 9.08. The molecular formula is C13H15NO4. The average Bonchev–Trinajstić information content (AvgIpc) is 3.18. The van der Waals surface area contributed by atoms with Crippen LogP contribution in [0.3, 0.4) is 0 Å². The highest BCUT2D eigenvalue weighted by atomic mass is 16.5. The first-order valence-corrected chi connectivity index (χ1v) is 5.67. The summed E-state index contributed by atoms with van der Waals surface area (Å²) < 4.78 is 5.03. The van der Waals surface area contributed by atoms with E-state index in [9.17, 15) is 9.59 Å². The van der Waals surface area contributed by atoms with Gasteiger partial charge in [-0.3, -0.25) is 9.59 Å². The van der Waals surface area contributed by atoms with E-state index < -0.39 is 11.4 Å². The van der Waals surface area contributed by atoms with Crippen molar-refractivity contribution < 1.29 is 19.4 Å². The van der Waals surface area contributed by atoms with E-state index in [4.69, 9.17) is 9.84 Å². The Morgan fingerprint density at radius 3 is 2.22 bits per heavy atom. The summed E-state index contributed by atoms with van der Waals surface area (Å²) in [6.45, 7) is 0. The SMILES string of the molecule is COc1ccc(N(C)C(=O)C2(C(=O)O)CC2)cc1. The number of benzene rings is 1. The van der Waals surface area contributed by atoms with Crippen LogP contribution in [-0.4, -0.2) is 31.1 Å². The zero-order valence-corrected chi connectivity index (χ0v) is 10.3. The number of carbonyl (C=O) groups is 2. The third-order valence-corrected chi connectivity index (χ3v) is 3.33. The van der Waals surface area contributed by atoms with Gasteiger partial charge in [0.1, 0.15) is 11.2 Å². The van der Waals surface area contributed by atoms with Crippen LogP contribution in [0.5, 0.6) is 5.75 Å². The maximum atomic E-state index is 12.1. The fourth-order valence-corrected chi connectivity index (χ4v) is 1.89. The number of carboxylic acid groups (broad SMARTS) is 1. The van der Waals surface area contributed by atoms with Gasteiger partial charge in [0, 0.05) is 12.7 Å². The Kier molecular flexibility index (Phi) is 2.98. The van der Waals surface area contributed by atoms with E-state index in [-0.39, 0.29) is 5.91 Å². The highest BCUT2D eigenvalue weighted by molar-refractivity contribution is 6.11. The Morgan fingerprint density at radius 2 is 1.83 bits per heavy atom. The van der Waals surface area contributed by atoms with Crippen molar-refractivity contribution in [1.29, 1.82) is 0 Å². The van der Waals surface area contributed by atoms with Gasteiger partial charge in [0.25, 0.3) is 0 Å². The van der Waals surface area contributed by atoms with Crippen molar-refractivity contribution in [2.75, 3.05) is 19.1 Å². The lowest BCUT2D eigenvalue weighted by atomic mass is 10.1. The fourth-order valence-electron chi connectivity index (χ4n) is 1.89. The zero-order valence-electron chi connectivity index (χ0n) is 10.3. The summed E-state index contributed by atoms with van der Waals surface area (Å²) in [6.07, 6.45) is 0.837. The highest BCUT2D eigenvalue weighted by Crippen LogP contribution is 2.47. The van der Waals surface area contributed by atoms with Crippen LogP contribution in [0, 0.1) is 5.41 Å². The predicted molar refractivity (Wildman–Crippen MR) is 65.7 cm³/mol. The predicted octanol–water partition coefficient (Wildman–Crippen LogP) is 1.52. The topological polar surface area (TPSA) is 66.8 Å². The quantitative estimate of drug-likeness (QED) is 0.822. The molecule has 5 nitrogen and oxygen atoms in total. The van der Waals surface area contributed by atoms with Gasteiger partial charge in [0.15, 0.2) is 0 Å². The third-order valence-electron chi connectivity index (χ3n) is 3.33. The standard InChI is InChI=1S/C13H15NO4/c1-14(9-3-5-10(18-2)6-4-9)11(15)13(7-8-13)12(16)17/h3-6H,7-8H2,1-2H3,(H,16,17). The minimum atomic E-state index is -1.20. The van der Waals surface area contributed by atoms with Crippen LogP contribution in [0.1, 0.15) is 12.8 Å². The van der Waals surface area contributed by atoms with E-state index >= 15 is 0 Å². The van der Waals surface area contributed by atoms with Gasteiger partial charge in [0.05, 0.1) is 7.11 Å². The summed E-state index contributed by atoms with van der Waals surface area (Å²) in [5.74, 6) is -0.702. The molecule has 18 heavy (non-hydrogen) atoms. The molecule has 2 rings (SSSR count). The van der Waals surface area contributed by atoms with Gasteiger partial charge in [-0.15, -0.1) is 0 Å². The maximum absolute atomic E-state index is 12.1. The zero-order chi connectivity index (χ0) is 13.3. The Morgan fingerprint density at radius 1 is 1.28 bits per heavy atom. The van der Waals surface area contributed by atoms with Crippen LogP contribution in [0.15, 0.2) is 24.3 Å². The monoisotopic (exact) mass is 249 g/mol. The molecule has 1 fully saturated rings. The highest BCUT2D eigenvalue weighted by Gasteiger charge is 2.58. The molecule has 1 aliphatic carbocycles. The molecule has 0 saturated heterocycles. The molecular weight excluding hydrogens is 234 g/mol. The Labute approximate surface area is 105 Å². The second-order valence-electron chi connectivity index (χ2n) is 4.45. The molecule has 1 amide bonds. The molecule has 1 saturated carbocycles. The van der Waals surface area contributed by atoms with Gasteiger partial charge in [0.2, 0.25) is 5.91 Å². The molecule has 0 spiro atoms. The van der Waals surface area contributed by atoms with Crippen LogP contribution < -0.4 is 9.64 Å². The molecule has 0 unspecified atom stereocenters. The van der Waals surface area contributed by atoms with E-state index in [1.54, 1.807) is 38.4 Å². The number of methoxy groups -OCH3 is 1. The lowest BCUT2D eigenvalue weighted by Crippen LogP contribution is -2.38. The van der Waals surface area contributed by atoms with E-state index in [2.05, 4.69) is 0 Å². The number of carboxylic acids is 1. The molecule has 1 N–H and O–H groups in total. The van der Waals surface area contributed by atoms with Crippen LogP contribution in [0.4, 0.5) is 5.69 Å². The number of nitrogens with zero attached hydrogens (tertiary/aromatic N) is 1. The fraction of sp³-hybridized carbons (Fsp3) is 0.385. The Bertz CT molecular complexity index is 476. The maximum Gasteiger partial charge on any atom is 0.319 e. The van der Waals surface area contributed by atoms with Crippen molar-refractivity contribution in [3.05, 3.63) is 24.3 Å². The smallest absolute Gasteiger partial charge is 0.319 e. The van der Waals surface area contributed by atoms with Gasteiger partial charge in [-0.1, -0.05) is 0 Å². The lowest BCUT2D eigenvalue weighted by Gasteiger charge is -2.21. The molecule has 1 aliphatic rings. The largest absolute Gasteiger partial charge is 0.497 e. The average molecular weight is 249 g/mol.